The molecule has 3 heteroatoms. The molecule has 1 aromatic carbocycles. The van der Waals surface area contributed by atoms with Crippen molar-refractivity contribution in [3.63, 3.8) is 0 Å². The van der Waals surface area contributed by atoms with Crippen molar-refractivity contribution in [2.45, 2.75) is 6.92 Å². The molecule has 2 rings (SSSR count). The third kappa shape index (κ3) is 2.50. The molecule has 0 saturated heterocycles. The van der Waals surface area contributed by atoms with Gasteiger partial charge in [-0.2, -0.15) is 0 Å². The summed E-state index contributed by atoms with van der Waals surface area (Å²) in [7, 11) is 1.77. The minimum Gasteiger partial charge on any atom is -0.311 e. The monoisotopic (exact) mass is 226 g/mol. The van der Waals surface area contributed by atoms with Gasteiger partial charge in [-0.05, 0) is 36.8 Å². The van der Waals surface area contributed by atoms with Gasteiger partial charge in [0.2, 0.25) is 0 Å². The molecule has 0 atom stereocenters. The molecule has 86 valence electrons. The molecular formula is C14H14N2O. The van der Waals surface area contributed by atoms with Gasteiger partial charge in [0.05, 0.1) is 5.56 Å². The first-order chi connectivity index (χ1) is 8.18. The van der Waals surface area contributed by atoms with Crippen molar-refractivity contribution in [2.24, 2.45) is 0 Å². The predicted molar refractivity (Wildman–Crippen MR) is 68.1 cm³/mol. The fourth-order valence-electron chi connectivity index (χ4n) is 1.64. The zero-order valence-electron chi connectivity index (χ0n) is 9.92. The van der Waals surface area contributed by atoms with E-state index in [2.05, 4.69) is 4.98 Å². The summed E-state index contributed by atoms with van der Waals surface area (Å²) in [5.41, 5.74) is 2.61. The Morgan fingerprint density at radius 2 is 2.06 bits per heavy atom. The number of nitrogens with zero attached hydrogens (tertiary/aromatic N) is 2. The number of anilines is 1. The van der Waals surface area contributed by atoms with Crippen LogP contribution in [0.25, 0.3) is 0 Å². The molecule has 0 saturated carbocycles. The van der Waals surface area contributed by atoms with E-state index in [9.17, 15) is 4.79 Å². The van der Waals surface area contributed by atoms with E-state index in [1.807, 2.05) is 31.2 Å². The van der Waals surface area contributed by atoms with Gasteiger partial charge in [-0.15, -0.1) is 0 Å². The maximum atomic E-state index is 12.1. The molecular weight excluding hydrogens is 212 g/mol. The maximum absolute atomic E-state index is 12.1. The fourth-order valence-corrected chi connectivity index (χ4v) is 1.64. The highest BCUT2D eigenvalue weighted by Crippen LogP contribution is 2.16. The molecule has 0 aliphatic rings. The summed E-state index contributed by atoms with van der Waals surface area (Å²) in [4.78, 5) is 17.7. The minimum absolute atomic E-state index is 0.0521. The lowest BCUT2D eigenvalue weighted by molar-refractivity contribution is 0.0992. The van der Waals surface area contributed by atoms with E-state index in [-0.39, 0.29) is 5.91 Å². The Morgan fingerprint density at radius 3 is 2.71 bits per heavy atom. The van der Waals surface area contributed by atoms with Gasteiger partial charge in [0.15, 0.2) is 0 Å². The number of aromatic nitrogens is 1. The van der Waals surface area contributed by atoms with Crippen molar-refractivity contribution in [1.29, 1.82) is 0 Å². The summed E-state index contributed by atoms with van der Waals surface area (Å²) in [5.74, 6) is -0.0521. The molecule has 0 N–H and O–H groups in total. The molecule has 0 unspecified atom stereocenters. The standard InChI is InChI=1S/C14H14N2O/c1-11-5-3-7-13(9-11)16(2)14(17)12-6-4-8-15-10-12/h3-10H,1-2H3. The number of amides is 1. The SMILES string of the molecule is Cc1cccc(N(C)C(=O)c2cccnc2)c1. The largest absolute Gasteiger partial charge is 0.311 e. The quantitative estimate of drug-likeness (QED) is 0.788. The highest BCUT2D eigenvalue weighted by Gasteiger charge is 2.12. The zero-order valence-corrected chi connectivity index (χ0v) is 9.92. The second-order valence-corrected chi connectivity index (χ2v) is 3.94. The van der Waals surface area contributed by atoms with Crippen LogP contribution in [0.5, 0.6) is 0 Å². The first kappa shape index (κ1) is 11.3. The van der Waals surface area contributed by atoms with Crippen LogP contribution in [0.15, 0.2) is 48.8 Å². The molecule has 1 amide bonds. The van der Waals surface area contributed by atoms with Gasteiger partial charge in [0.25, 0.3) is 5.91 Å². The molecule has 17 heavy (non-hydrogen) atoms. The number of carbonyl (C=O) groups is 1. The minimum atomic E-state index is -0.0521. The van der Waals surface area contributed by atoms with Crippen molar-refractivity contribution in [3.05, 3.63) is 59.9 Å². The average Bonchev–Trinajstić information content (AvgIpc) is 2.38. The van der Waals surface area contributed by atoms with Gasteiger partial charge >= 0.3 is 0 Å². The first-order valence-electron chi connectivity index (χ1n) is 5.43. The van der Waals surface area contributed by atoms with Crippen molar-refractivity contribution in [2.75, 3.05) is 11.9 Å². The average molecular weight is 226 g/mol. The van der Waals surface area contributed by atoms with Crippen molar-refractivity contribution in [3.8, 4) is 0 Å². The lowest BCUT2D eigenvalue weighted by atomic mass is 10.2. The van der Waals surface area contributed by atoms with Gasteiger partial charge in [0, 0.05) is 25.1 Å². The number of pyridine rings is 1. The summed E-state index contributed by atoms with van der Waals surface area (Å²) >= 11 is 0. The summed E-state index contributed by atoms with van der Waals surface area (Å²) in [6.07, 6.45) is 3.23. The molecule has 1 aromatic heterocycles. The summed E-state index contributed by atoms with van der Waals surface area (Å²) < 4.78 is 0. The molecule has 0 aliphatic heterocycles. The third-order valence-corrected chi connectivity index (χ3v) is 2.60. The highest BCUT2D eigenvalue weighted by molar-refractivity contribution is 6.05. The molecule has 0 radical (unpaired) electrons. The van der Waals surface area contributed by atoms with E-state index in [4.69, 9.17) is 0 Å². The van der Waals surface area contributed by atoms with Crippen LogP contribution in [0.4, 0.5) is 5.69 Å². The lowest BCUT2D eigenvalue weighted by Crippen LogP contribution is -2.26. The molecule has 0 fully saturated rings. The van der Waals surface area contributed by atoms with Crippen LogP contribution in [0.2, 0.25) is 0 Å². The number of benzene rings is 1. The summed E-state index contributed by atoms with van der Waals surface area (Å²) in [6.45, 7) is 2.01. The van der Waals surface area contributed by atoms with E-state index in [0.29, 0.717) is 5.56 Å². The number of hydrogen-bond acceptors (Lipinski definition) is 2. The third-order valence-electron chi connectivity index (χ3n) is 2.60. The molecule has 1 heterocycles. The first-order valence-corrected chi connectivity index (χ1v) is 5.43. The summed E-state index contributed by atoms with van der Waals surface area (Å²) in [6, 6.07) is 11.4. The molecule has 0 aliphatic carbocycles. The van der Waals surface area contributed by atoms with Crippen LogP contribution >= 0.6 is 0 Å². The Labute approximate surface area is 101 Å². The number of carbonyl (C=O) groups excluding carboxylic acids is 1. The van der Waals surface area contributed by atoms with Crippen LogP contribution in [0, 0.1) is 6.92 Å². The lowest BCUT2D eigenvalue weighted by Gasteiger charge is -2.17. The zero-order chi connectivity index (χ0) is 12.3. The van der Waals surface area contributed by atoms with E-state index in [1.54, 1.807) is 36.5 Å². The normalized spacial score (nSPS) is 10.0. The second-order valence-electron chi connectivity index (χ2n) is 3.94. The maximum Gasteiger partial charge on any atom is 0.259 e. The molecule has 0 bridgehead atoms. The van der Waals surface area contributed by atoms with Gasteiger partial charge in [-0.3, -0.25) is 9.78 Å². The van der Waals surface area contributed by atoms with E-state index >= 15 is 0 Å². The second kappa shape index (κ2) is 4.78. The predicted octanol–water partition coefficient (Wildman–Crippen LogP) is 2.67. The summed E-state index contributed by atoms with van der Waals surface area (Å²) in [5, 5.41) is 0. The van der Waals surface area contributed by atoms with Gasteiger partial charge in [-0.25, -0.2) is 0 Å². The van der Waals surface area contributed by atoms with E-state index in [0.717, 1.165) is 11.3 Å². The van der Waals surface area contributed by atoms with Gasteiger partial charge in [0.1, 0.15) is 0 Å². The van der Waals surface area contributed by atoms with Crippen LogP contribution in [0.1, 0.15) is 15.9 Å². The smallest absolute Gasteiger partial charge is 0.259 e. The Balaban J connectivity index is 2.27. The molecule has 2 aromatic rings. The van der Waals surface area contributed by atoms with Crippen LogP contribution in [0.3, 0.4) is 0 Å². The topological polar surface area (TPSA) is 33.2 Å². The van der Waals surface area contributed by atoms with E-state index in [1.165, 1.54) is 0 Å². The Kier molecular flexibility index (Phi) is 3.19. The van der Waals surface area contributed by atoms with Crippen LogP contribution in [-0.2, 0) is 0 Å². The Hall–Kier alpha value is -2.16. The van der Waals surface area contributed by atoms with Crippen molar-refractivity contribution in [1.82, 2.24) is 4.98 Å². The van der Waals surface area contributed by atoms with Gasteiger partial charge < -0.3 is 4.90 Å². The Morgan fingerprint density at radius 1 is 1.24 bits per heavy atom. The molecule has 0 spiro atoms. The fraction of sp³-hybridized carbons (Fsp3) is 0.143. The van der Waals surface area contributed by atoms with Gasteiger partial charge in [-0.1, -0.05) is 12.1 Å². The van der Waals surface area contributed by atoms with Crippen molar-refractivity contribution >= 4 is 11.6 Å². The number of hydrogen-bond donors (Lipinski definition) is 0. The number of rotatable bonds is 2. The highest BCUT2D eigenvalue weighted by atomic mass is 16.2. The van der Waals surface area contributed by atoms with E-state index < -0.39 is 0 Å². The molecule has 3 nitrogen and oxygen atoms in total. The van der Waals surface area contributed by atoms with Crippen molar-refractivity contribution < 1.29 is 4.79 Å². The van der Waals surface area contributed by atoms with Crippen LogP contribution in [-0.4, -0.2) is 17.9 Å². The Bertz CT molecular complexity index is 523. The van der Waals surface area contributed by atoms with Crippen LogP contribution < -0.4 is 4.90 Å². The number of aryl methyl sites for hydroxylation is 1.